The van der Waals surface area contributed by atoms with Crippen molar-refractivity contribution in [2.45, 2.75) is 38.3 Å². The molecule has 1 aliphatic heterocycles. The summed E-state index contributed by atoms with van der Waals surface area (Å²) >= 11 is 0. The lowest BCUT2D eigenvalue weighted by Crippen LogP contribution is -2.49. The molecule has 196 valence electrons. The van der Waals surface area contributed by atoms with Crippen LogP contribution in [0.5, 0.6) is 5.88 Å². The number of alkyl halides is 4. The van der Waals surface area contributed by atoms with Crippen molar-refractivity contribution >= 4 is 28.4 Å². The molecule has 0 spiro atoms. The number of fused-ring (bicyclic) bond motifs is 2. The van der Waals surface area contributed by atoms with E-state index in [2.05, 4.69) is 25.7 Å². The van der Waals surface area contributed by atoms with E-state index >= 15 is 4.39 Å². The van der Waals surface area contributed by atoms with Gasteiger partial charge in [-0.1, -0.05) is 11.3 Å². The van der Waals surface area contributed by atoms with Gasteiger partial charge < -0.3 is 15.0 Å². The quantitative estimate of drug-likeness (QED) is 0.400. The number of aromatic nitrogens is 6. The van der Waals surface area contributed by atoms with Crippen LogP contribution >= 0.6 is 0 Å². The fraction of sp³-hybridized carbons (Fsp3) is 0.409. The van der Waals surface area contributed by atoms with Crippen LogP contribution in [-0.2, 0) is 11.3 Å². The number of carbonyl (C=O) groups is 1. The molecule has 4 aromatic rings. The van der Waals surface area contributed by atoms with E-state index in [0.29, 0.717) is 17.6 Å². The maximum atomic E-state index is 15.2. The number of amides is 1. The van der Waals surface area contributed by atoms with Gasteiger partial charge in [0, 0.05) is 13.5 Å². The summed E-state index contributed by atoms with van der Waals surface area (Å²) in [5.41, 5.74) is 0.647. The Labute approximate surface area is 206 Å². The van der Waals surface area contributed by atoms with E-state index < -0.39 is 30.8 Å². The van der Waals surface area contributed by atoms with E-state index in [1.807, 2.05) is 0 Å². The minimum atomic E-state index is -4.52. The first-order chi connectivity index (χ1) is 17.5. The highest BCUT2D eigenvalue weighted by Gasteiger charge is 2.32. The second kappa shape index (κ2) is 9.12. The van der Waals surface area contributed by atoms with Crippen molar-refractivity contribution in [2.24, 2.45) is 0 Å². The topological polar surface area (TPSA) is 102 Å². The number of nitrogens with one attached hydrogen (secondary N) is 1. The first-order valence-corrected chi connectivity index (χ1v) is 11.2. The third kappa shape index (κ3) is 4.72. The normalized spacial score (nSPS) is 18.5. The van der Waals surface area contributed by atoms with Crippen molar-refractivity contribution in [3.63, 3.8) is 0 Å². The Bertz CT molecular complexity index is 1480. The van der Waals surface area contributed by atoms with Gasteiger partial charge in [-0.15, -0.1) is 10.2 Å². The number of halogens is 5. The van der Waals surface area contributed by atoms with E-state index in [1.165, 1.54) is 41.6 Å². The highest BCUT2D eigenvalue weighted by Crippen LogP contribution is 2.35. The Kier molecular flexibility index (Phi) is 6.07. The molecule has 0 unspecified atom stereocenters. The molecule has 1 N–H and O–H groups in total. The van der Waals surface area contributed by atoms with Crippen LogP contribution in [0.2, 0.25) is 0 Å². The van der Waals surface area contributed by atoms with Crippen LogP contribution in [0.25, 0.3) is 27.7 Å². The molecule has 15 heteroatoms. The number of ether oxygens (including phenoxy) is 1. The smallest absolute Gasteiger partial charge is 0.408 e. The highest BCUT2D eigenvalue weighted by atomic mass is 19.4. The standard InChI is InChI=1S/C22H21F5N8O2/c1-11(36)33-6-5-15(13(23)8-33)28-21-29-20(37-2)19-18(14(24)9-34(19)31-21)12-3-4-16-17(7-12)35(32-30-16)10-22(25,26)27/h3-4,7,9,13,15H,5-6,8,10H2,1-2H3,(H,28,31)/t13-,15+/m1/s1. The number of piperidine rings is 1. The first-order valence-electron chi connectivity index (χ1n) is 11.2. The first kappa shape index (κ1) is 24.6. The van der Waals surface area contributed by atoms with Crippen LogP contribution in [0.15, 0.2) is 24.4 Å². The van der Waals surface area contributed by atoms with Crippen molar-refractivity contribution in [1.29, 1.82) is 0 Å². The molecule has 0 bridgehead atoms. The molecule has 4 heterocycles. The molecule has 0 aliphatic carbocycles. The molecule has 1 saturated heterocycles. The second-order valence-electron chi connectivity index (χ2n) is 8.68. The van der Waals surface area contributed by atoms with Crippen LogP contribution in [-0.4, -0.2) is 79.0 Å². The van der Waals surface area contributed by atoms with Crippen LogP contribution in [0.1, 0.15) is 13.3 Å². The number of benzene rings is 1. The van der Waals surface area contributed by atoms with Crippen LogP contribution in [0, 0.1) is 5.82 Å². The van der Waals surface area contributed by atoms with Crippen molar-refractivity contribution in [1.82, 2.24) is 34.5 Å². The van der Waals surface area contributed by atoms with Crippen molar-refractivity contribution < 1.29 is 31.5 Å². The predicted molar refractivity (Wildman–Crippen MR) is 121 cm³/mol. The molecule has 1 amide bonds. The average Bonchev–Trinajstić information content (AvgIpc) is 3.37. The number of hydrogen-bond acceptors (Lipinski definition) is 7. The molecule has 10 nitrogen and oxygen atoms in total. The highest BCUT2D eigenvalue weighted by molar-refractivity contribution is 5.89. The number of methoxy groups -OCH3 is 1. The lowest BCUT2D eigenvalue weighted by atomic mass is 10.0. The molecule has 0 saturated carbocycles. The molecule has 1 fully saturated rings. The molecule has 5 rings (SSSR count). The number of carbonyl (C=O) groups excluding carboxylic acids is 1. The fourth-order valence-electron chi connectivity index (χ4n) is 4.43. The maximum Gasteiger partial charge on any atom is 0.408 e. The Balaban J connectivity index is 1.51. The Hall–Kier alpha value is -4.04. The van der Waals surface area contributed by atoms with Crippen LogP contribution in [0.4, 0.5) is 27.9 Å². The summed E-state index contributed by atoms with van der Waals surface area (Å²) in [7, 11) is 1.32. The fourth-order valence-corrected chi connectivity index (χ4v) is 4.43. The summed E-state index contributed by atoms with van der Waals surface area (Å²) in [5.74, 6) is -0.990. The van der Waals surface area contributed by atoms with Crippen molar-refractivity contribution in [3.05, 3.63) is 30.2 Å². The summed E-state index contributed by atoms with van der Waals surface area (Å²) < 4.78 is 75.9. The van der Waals surface area contributed by atoms with E-state index in [9.17, 15) is 22.4 Å². The third-order valence-electron chi connectivity index (χ3n) is 6.18. The summed E-state index contributed by atoms with van der Waals surface area (Å²) in [6.45, 7) is 0.307. The SMILES string of the molecule is COc1nc(N[C@H]2CCN(C(C)=O)C[C@H]2F)nn2cc(F)c(-c3ccc4nnn(CC(F)(F)F)c4c3)c12. The van der Waals surface area contributed by atoms with Gasteiger partial charge in [0.2, 0.25) is 17.7 Å². The number of hydrogen-bond donors (Lipinski definition) is 1. The van der Waals surface area contributed by atoms with Gasteiger partial charge in [-0.25, -0.2) is 18.0 Å². The zero-order chi connectivity index (χ0) is 26.5. The summed E-state index contributed by atoms with van der Waals surface area (Å²) in [5, 5.41) is 14.4. The second-order valence-corrected chi connectivity index (χ2v) is 8.68. The van der Waals surface area contributed by atoms with E-state index in [-0.39, 0.29) is 52.0 Å². The van der Waals surface area contributed by atoms with Gasteiger partial charge in [-0.3, -0.25) is 4.79 Å². The largest absolute Gasteiger partial charge is 0.479 e. The Morgan fingerprint density at radius 1 is 1.30 bits per heavy atom. The molecular formula is C22H21F5N8O2. The van der Waals surface area contributed by atoms with E-state index in [0.717, 1.165) is 6.20 Å². The van der Waals surface area contributed by atoms with E-state index in [1.54, 1.807) is 0 Å². The van der Waals surface area contributed by atoms with Gasteiger partial charge in [0.1, 0.15) is 23.7 Å². The number of likely N-dealkylation sites (tertiary alicyclic amines) is 1. The zero-order valence-electron chi connectivity index (χ0n) is 19.6. The van der Waals surface area contributed by atoms with Gasteiger partial charge in [-0.2, -0.15) is 18.2 Å². The lowest BCUT2D eigenvalue weighted by molar-refractivity contribution is -0.142. The Morgan fingerprint density at radius 3 is 2.76 bits per heavy atom. The van der Waals surface area contributed by atoms with Gasteiger partial charge in [0.05, 0.1) is 37.0 Å². The van der Waals surface area contributed by atoms with Gasteiger partial charge >= 0.3 is 6.18 Å². The monoisotopic (exact) mass is 524 g/mol. The molecule has 1 aliphatic rings. The molecule has 0 radical (unpaired) electrons. The summed E-state index contributed by atoms with van der Waals surface area (Å²) in [6, 6.07) is 3.60. The number of rotatable bonds is 5. The molecular weight excluding hydrogens is 503 g/mol. The molecule has 1 aromatic carbocycles. The average molecular weight is 524 g/mol. The minimum Gasteiger partial charge on any atom is -0.479 e. The minimum absolute atomic E-state index is 0.00296. The zero-order valence-corrected chi connectivity index (χ0v) is 19.6. The number of nitrogens with zero attached hydrogens (tertiary/aromatic N) is 7. The van der Waals surface area contributed by atoms with Crippen molar-refractivity contribution in [2.75, 3.05) is 25.5 Å². The number of anilines is 1. The summed E-state index contributed by atoms with van der Waals surface area (Å²) in [6.07, 6.45) is -4.51. The summed E-state index contributed by atoms with van der Waals surface area (Å²) in [4.78, 5) is 17.2. The Morgan fingerprint density at radius 2 is 2.08 bits per heavy atom. The molecule has 3 aromatic heterocycles. The third-order valence-corrected chi connectivity index (χ3v) is 6.18. The van der Waals surface area contributed by atoms with Gasteiger partial charge in [-0.05, 0) is 24.1 Å². The van der Waals surface area contributed by atoms with Crippen LogP contribution < -0.4 is 10.1 Å². The van der Waals surface area contributed by atoms with E-state index in [4.69, 9.17) is 4.74 Å². The van der Waals surface area contributed by atoms with Gasteiger partial charge in [0.15, 0.2) is 5.82 Å². The maximum absolute atomic E-state index is 15.2. The molecule has 2 atom stereocenters. The molecule has 37 heavy (non-hydrogen) atoms. The lowest BCUT2D eigenvalue weighted by Gasteiger charge is -2.34. The van der Waals surface area contributed by atoms with Gasteiger partial charge in [0.25, 0.3) is 0 Å². The van der Waals surface area contributed by atoms with Crippen molar-refractivity contribution in [3.8, 4) is 17.0 Å². The predicted octanol–water partition coefficient (Wildman–Crippen LogP) is 3.22. The van der Waals surface area contributed by atoms with Crippen LogP contribution in [0.3, 0.4) is 0 Å².